The Labute approximate surface area is 179 Å². The number of hydrogen-bond acceptors (Lipinski definition) is 4. The molecule has 1 aromatic heterocycles. The summed E-state index contributed by atoms with van der Waals surface area (Å²) in [5, 5.41) is 4.40. The Hall–Kier alpha value is -3.12. The predicted molar refractivity (Wildman–Crippen MR) is 115 cm³/mol. The molecule has 3 rings (SSSR count). The molecule has 0 bridgehead atoms. The second kappa shape index (κ2) is 9.59. The Morgan fingerprint density at radius 3 is 2.67 bits per heavy atom. The van der Waals surface area contributed by atoms with Crippen LogP contribution >= 0.6 is 11.6 Å². The van der Waals surface area contributed by atoms with Gasteiger partial charge in [-0.15, -0.1) is 0 Å². The highest BCUT2D eigenvalue weighted by atomic mass is 35.5. The van der Waals surface area contributed by atoms with Gasteiger partial charge in [0.15, 0.2) is 5.78 Å². The third kappa shape index (κ3) is 4.89. The zero-order valence-corrected chi connectivity index (χ0v) is 17.7. The van der Waals surface area contributed by atoms with Crippen molar-refractivity contribution in [2.45, 2.75) is 27.0 Å². The van der Waals surface area contributed by atoms with Crippen LogP contribution in [0, 0.1) is 12.7 Å². The average molecular weight is 429 g/mol. The standard InChI is InChI=1S/C23H22ClFN2O3/c1-4-27-15(2)19(13-26-27)21(28)8-5-16-6-9-22(29-3)17(11-16)14-30-23-10-7-18(25)12-20(23)24/h5-13H,4,14H2,1-3H3/b8-5+. The lowest BCUT2D eigenvalue weighted by molar-refractivity contribution is 0.104. The van der Waals surface area contributed by atoms with E-state index in [1.807, 2.05) is 26.0 Å². The second-order valence-electron chi connectivity index (χ2n) is 6.59. The molecule has 0 N–H and O–H groups in total. The second-order valence-corrected chi connectivity index (χ2v) is 7.00. The van der Waals surface area contributed by atoms with Crippen molar-refractivity contribution in [3.8, 4) is 11.5 Å². The van der Waals surface area contributed by atoms with E-state index in [4.69, 9.17) is 21.1 Å². The first-order chi connectivity index (χ1) is 14.4. The number of benzene rings is 2. The van der Waals surface area contributed by atoms with Gasteiger partial charge in [0.05, 0.1) is 23.9 Å². The largest absolute Gasteiger partial charge is 0.496 e. The molecular weight excluding hydrogens is 407 g/mol. The van der Waals surface area contributed by atoms with Gasteiger partial charge in [-0.25, -0.2) is 4.39 Å². The van der Waals surface area contributed by atoms with Crippen LogP contribution in [0.15, 0.2) is 48.7 Å². The maximum absolute atomic E-state index is 13.2. The van der Waals surface area contributed by atoms with Crippen molar-refractivity contribution in [3.05, 3.63) is 81.9 Å². The number of nitrogens with zero attached hydrogens (tertiary/aromatic N) is 2. The molecule has 30 heavy (non-hydrogen) atoms. The minimum Gasteiger partial charge on any atom is -0.496 e. The number of aryl methyl sites for hydroxylation is 1. The maximum atomic E-state index is 13.2. The first kappa shape index (κ1) is 21.6. The van der Waals surface area contributed by atoms with Crippen LogP contribution in [0.3, 0.4) is 0 Å². The van der Waals surface area contributed by atoms with Crippen LogP contribution < -0.4 is 9.47 Å². The van der Waals surface area contributed by atoms with Gasteiger partial charge in [-0.3, -0.25) is 9.48 Å². The first-order valence-corrected chi connectivity index (χ1v) is 9.80. The summed E-state index contributed by atoms with van der Waals surface area (Å²) in [6.07, 6.45) is 4.84. The molecule has 0 aliphatic carbocycles. The number of carbonyl (C=O) groups is 1. The molecule has 3 aromatic rings. The van der Waals surface area contributed by atoms with E-state index in [0.717, 1.165) is 16.8 Å². The molecule has 0 radical (unpaired) electrons. The van der Waals surface area contributed by atoms with Gasteiger partial charge >= 0.3 is 0 Å². The molecule has 0 aliphatic heterocycles. The van der Waals surface area contributed by atoms with E-state index in [1.54, 1.807) is 30.1 Å². The highest BCUT2D eigenvalue weighted by Gasteiger charge is 2.11. The highest BCUT2D eigenvalue weighted by molar-refractivity contribution is 6.32. The van der Waals surface area contributed by atoms with Crippen LogP contribution in [-0.4, -0.2) is 22.7 Å². The lowest BCUT2D eigenvalue weighted by Crippen LogP contribution is -2.02. The van der Waals surface area contributed by atoms with Crippen molar-refractivity contribution < 1.29 is 18.7 Å². The molecule has 2 aromatic carbocycles. The van der Waals surface area contributed by atoms with Gasteiger partial charge in [0.1, 0.15) is 23.9 Å². The molecule has 7 heteroatoms. The molecule has 1 heterocycles. The third-order valence-corrected chi connectivity index (χ3v) is 4.97. The number of hydrogen-bond donors (Lipinski definition) is 0. The Morgan fingerprint density at radius 1 is 1.23 bits per heavy atom. The minimum absolute atomic E-state index is 0.112. The van der Waals surface area contributed by atoms with Crippen molar-refractivity contribution in [1.82, 2.24) is 9.78 Å². The van der Waals surface area contributed by atoms with E-state index in [2.05, 4.69) is 5.10 Å². The fourth-order valence-electron chi connectivity index (χ4n) is 3.03. The smallest absolute Gasteiger partial charge is 0.189 e. The number of ketones is 1. The van der Waals surface area contributed by atoms with Gasteiger partial charge in [-0.1, -0.05) is 23.7 Å². The minimum atomic E-state index is -0.429. The Balaban J connectivity index is 1.77. The van der Waals surface area contributed by atoms with Gasteiger partial charge in [-0.05, 0) is 55.8 Å². The molecule has 156 valence electrons. The molecule has 0 amide bonds. The summed E-state index contributed by atoms with van der Waals surface area (Å²) in [7, 11) is 1.57. The Morgan fingerprint density at radius 2 is 2.00 bits per heavy atom. The van der Waals surface area contributed by atoms with E-state index in [9.17, 15) is 9.18 Å². The monoisotopic (exact) mass is 428 g/mol. The maximum Gasteiger partial charge on any atom is 0.189 e. The topological polar surface area (TPSA) is 53.4 Å². The molecule has 0 spiro atoms. The molecule has 0 aliphatic rings. The lowest BCUT2D eigenvalue weighted by Gasteiger charge is -2.12. The number of aromatic nitrogens is 2. The van der Waals surface area contributed by atoms with Crippen LogP contribution in [0.2, 0.25) is 5.02 Å². The summed E-state index contributed by atoms with van der Waals surface area (Å²) in [5.74, 6) is 0.469. The van der Waals surface area contributed by atoms with Crippen LogP contribution in [0.5, 0.6) is 11.5 Å². The molecule has 5 nitrogen and oxygen atoms in total. The number of rotatable bonds is 8. The first-order valence-electron chi connectivity index (χ1n) is 9.42. The van der Waals surface area contributed by atoms with Crippen LogP contribution in [0.25, 0.3) is 6.08 Å². The quantitative estimate of drug-likeness (QED) is 0.352. The zero-order chi connectivity index (χ0) is 21.7. The van der Waals surface area contributed by atoms with Crippen molar-refractivity contribution in [3.63, 3.8) is 0 Å². The molecular formula is C23H22ClFN2O3. The van der Waals surface area contributed by atoms with Crippen molar-refractivity contribution in [2.24, 2.45) is 0 Å². The van der Waals surface area contributed by atoms with E-state index in [-0.39, 0.29) is 17.4 Å². The predicted octanol–water partition coefficient (Wildman–Crippen LogP) is 5.49. The van der Waals surface area contributed by atoms with Crippen molar-refractivity contribution >= 4 is 23.5 Å². The van der Waals surface area contributed by atoms with E-state index in [1.165, 1.54) is 24.3 Å². The zero-order valence-electron chi connectivity index (χ0n) is 17.0. The summed E-state index contributed by atoms with van der Waals surface area (Å²) >= 11 is 6.02. The van der Waals surface area contributed by atoms with Crippen LogP contribution in [0.4, 0.5) is 4.39 Å². The molecule has 0 fully saturated rings. The summed E-state index contributed by atoms with van der Waals surface area (Å²) in [6, 6.07) is 9.47. The van der Waals surface area contributed by atoms with Gasteiger partial charge in [0.2, 0.25) is 0 Å². The van der Waals surface area contributed by atoms with E-state index in [0.29, 0.717) is 23.6 Å². The van der Waals surface area contributed by atoms with Gasteiger partial charge < -0.3 is 9.47 Å². The average Bonchev–Trinajstić information content (AvgIpc) is 3.12. The molecule has 0 unspecified atom stereocenters. The Kier molecular flexibility index (Phi) is 6.90. The van der Waals surface area contributed by atoms with Gasteiger partial charge in [0, 0.05) is 17.8 Å². The number of methoxy groups -OCH3 is 1. The fraction of sp³-hybridized carbons (Fsp3) is 0.217. The fourth-order valence-corrected chi connectivity index (χ4v) is 3.25. The Bertz CT molecular complexity index is 1090. The highest BCUT2D eigenvalue weighted by Crippen LogP contribution is 2.28. The van der Waals surface area contributed by atoms with E-state index >= 15 is 0 Å². The number of allylic oxidation sites excluding steroid dienone is 1. The van der Waals surface area contributed by atoms with Crippen LogP contribution in [0.1, 0.15) is 34.1 Å². The summed E-state index contributed by atoms with van der Waals surface area (Å²) in [4.78, 5) is 12.5. The van der Waals surface area contributed by atoms with Crippen molar-refractivity contribution in [1.29, 1.82) is 0 Å². The lowest BCUT2D eigenvalue weighted by atomic mass is 10.1. The third-order valence-electron chi connectivity index (χ3n) is 4.68. The summed E-state index contributed by atoms with van der Waals surface area (Å²) < 4.78 is 26.1. The molecule has 0 atom stereocenters. The van der Waals surface area contributed by atoms with E-state index < -0.39 is 5.82 Å². The van der Waals surface area contributed by atoms with Gasteiger partial charge in [0.25, 0.3) is 0 Å². The SMILES string of the molecule is CCn1ncc(C(=O)/C=C/c2ccc(OC)c(COc3ccc(F)cc3Cl)c2)c1C. The number of halogens is 2. The van der Waals surface area contributed by atoms with Crippen molar-refractivity contribution in [2.75, 3.05) is 7.11 Å². The summed E-state index contributed by atoms with van der Waals surface area (Å²) in [5.41, 5.74) is 3.00. The summed E-state index contributed by atoms with van der Waals surface area (Å²) in [6.45, 7) is 4.74. The number of ether oxygens (including phenoxy) is 2. The number of carbonyl (C=O) groups excluding carboxylic acids is 1. The van der Waals surface area contributed by atoms with Gasteiger partial charge in [-0.2, -0.15) is 5.10 Å². The molecule has 0 saturated heterocycles. The normalized spacial score (nSPS) is 11.1. The molecule has 0 saturated carbocycles. The van der Waals surface area contributed by atoms with Crippen LogP contribution in [-0.2, 0) is 13.2 Å².